The molecule has 7 heteroatoms. The Labute approximate surface area is 110 Å². The lowest BCUT2D eigenvalue weighted by atomic mass is 10.3. The first-order valence-corrected chi connectivity index (χ1v) is 6.08. The van der Waals surface area contributed by atoms with Gasteiger partial charge in [-0.2, -0.15) is 18.2 Å². The summed E-state index contributed by atoms with van der Waals surface area (Å²) in [5.41, 5.74) is 0.482. The van der Waals surface area contributed by atoms with Gasteiger partial charge in [0.2, 0.25) is 5.88 Å². The quantitative estimate of drug-likeness (QED) is 0.897. The largest absolute Gasteiger partial charge is 0.465 e. The molecule has 1 unspecified atom stereocenters. The summed E-state index contributed by atoms with van der Waals surface area (Å²) in [5.74, 6) is 0.850. The maximum absolute atomic E-state index is 12.5. The first-order chi connectivity index (χ1) is 8.75. The fraction of sp³-hybridized carbons (Fsp3) is 0.667. The lowest BCUT2D eigenvalue weighted by Gasteiger charge is -2.19. The summed E-state index contributed by atoms with van der Waals surface area (Å²) in [5, 5.41) is 3.04. The lowest BCUT2D eigenvalue weighted by molar-refractivity contribution is -0.190. The van der Waals surface area contributed by atoms with Gasteiger partial charge in [0.25, 0.3) is 0 Å². The Bertz CT molecular complexity index is 435. The second-order valence-electron chi connectivity index (χ2n) is 4.28. The predicted molar refractivity (Wildman–Crippen MR) is 66.4 cm³/mol. The van der Waals surface area contributed by atoms with E-state index in [4.69, 9.17) is 4.74 Å². The Hall–Kier alpha value is -1.53. The first kappa shape index (κ1) is 15.5. The monoisotopic (exact) mass is 277 g/mol. The second kappa shape index (κ2) is 6.08. The summed E-state index contributed by atoms with van der Waals surface area (Å²) in [6.07, 6.45) is -5.43. The second-order valence-corrected chi connectivity index (χ2v) is 4.28. The van der Waals surface area contributed by atoms with Crippen LogP contribution in [0.15, 0.2) is 0 Å². The maximum Gasteiger partial charge on any atom is 0.425 e. The molecular weight excluding hydrogens is 259 g/mol. The number of hydrogen-bond donors (Lipinski definition) is 1. The summed E-state index contributed by atoms with van der Waals surface area (Å²) in [6, 6.07) is 0. The van der Waals surface area contributed by atoms with E-state index in [1.54, 1.807) is 13.8 Å². The molecule has 1 rings (SSSR count). The molecule has 19 heavy (non-hydrogen) atoms. The van der Waals surface area contributed by atoms with Gasteiger partial charge in [-0.25, -0.2) is 4.98 Å². The number of aryl methyl sites for hydroxylation is 1. The van der Waals surface area contributed by atoms with E-state index in [1.165, 1.54) is 0 Å². The molecule has 0 radical (unpaired) electrons. The Kier molecular flexibility index (Phi) is 4.97. The minimum absolute atomic E-state index is 0.0315. The van der Waals surface area contributed by atoms with Crippen molar-refractivity contribution in [3.8, 4) is 5.88 Å². The standard InChI is InChI=1S/C12H18F3N3O/c1-5-6-16-10-7(2)11(18-9(4)17-10)19-8(3)12(13,14)15/h8H,5-6H2,1-4H3,(H,16,17,18). The zero-order valence-electron chi connectivity index (χ0n) is 11.4. The van der Waals surface area contributed by atoms with Gasteiger partial charge in [-0.3, -0.25) is 0 Å². The van der Waals surface area contributed by atoms with E-state index in [-0.39, 0.29) is 5.88 Å². The molecule has 0 aromatic carbocycles. The minimum atomic E-state index is -4.41. The van der Waals surface area contributed by atoms with E-state index in [0.29, 0.717) is 23.8 Å². The summed E-state index contributed by atoms with van der Waals surface area (Å²) in [7, 11) is 0. The summed E-state index contributed by atoms with van der Waals surface area (Å²) in [4.78, 5) is 8.08. The van der Waals surface area contributed by atoms with Crippen molar-refractivity contribution in [1.82, 2.24) is 9.97 Å². The van der Waals surface area contributed by atoms with Gasteiger partial charge in [-0.1, -0.05) is 6.92 Å². The van der Waals surface area contributed by atoms with E-state index in [0.717, 1.165) is 13.3 Å². The van der Waals surface area contributed by atoms with Crippen molar-refractivity contribution in [3.63, 3.8) is 0 Å². The number of halogens is 3. The molecule has 1 atom stereocenters. The van der Waals surface area contributed by atoms with Crippen molar-refractivity contribution in [3.05, 3.63) is 11.4 Å². The number of hydrogen-bond acceptors (Lipinski definition) is 4. The molecule has 0 fully saturated rings. The van der Waals surface area contributed by atoms with Crippen molar-refractivity contribution in [2.75, 3.05) is 11.9 Å². The van der Waals surface area contributed by atoms with Crippen LogP contribution in [0.2, 0.25) is 0 Å². The van der Waals surface area contributed by atoms with Crippen molar-refractivity contribution >= 4 is 5.82 Å². The number of aromatic nitrogens is 2. The Morgan fingerprint density at radius 2 is 1.89 bits per heavy atom. The molecule has 0 saturated heterocycles. The Balaban J connectivity index is 2.98. The molecule has 1 aromatic heterocycles. The third-order valence-electron chi connectivity index (χ3n) is 2.50. The highest BCUT2D eigenvalue weighted by atomic mass is 19.4. The number of alkyl halides is 3. The average Bonchev–Trinajstić information content (AvgIpc) is 2.30. The van der Waals surface area contributed by atoms with Crippen LogP contribution in [0.3, 0.4) is 0 Å². The van der Waals surface area contributed by atoms with Crippen molar-refractivity contribution in [2.24, 2.45) is 0 Å². The fourth-order valence-electron chi connectivity index (χ4n) is 1.37. The normalized spacial score (nSPS) is 13.2. The van der Waals surface area contributed by atoms with Gasteiger partial charge in [0.15, 0.2) is 6.10 Å². The lowest BCUT2D eigenvalue weighted by Crippen LogP contribution is -2.31. The highest BCUT2D eigenvalue weighted by molar-refractivity contribution is 5.48. The van der Waals surface area contributed by atoms with Crippen LogP contribution >= 0.6 is 0 Å². The number of ether oxygens (including phenoxy) is 1. The van der Waals surface area contributed by atoms with Crippen LogP contribution in [0, 0.1) is 13.8 Å². The fourth-order valence-corrected chi connectivity index (χ4v) is 1.37. The third-order valence-corrected chi connectivity index (χ3v) is 2.50. The molecule has 0 aliphatic heterocycles. The summed E-state index contributed by atoms with van der Waals surface area (Å²) in [6.45, 7) is 6.87. The molecule has 0 aliphatic rings. The molecule has 0 bridgehead atoms. The SMILES string of the molecule is CCCNc1nc(C)nc(OC(C)C(F)(F)F)c1C. The predicted octanol–water partition coefficient (Wildman–Crippen LogP) is 3.24. The van der Waals surface area contributed by atoms with Crippen LogP contribution in [0.1, 0.15) is 31.7 Å². The number of anilines is 1. The molecule has 0 saturated carbocycles. The maximum atomic E-state index is 12.5. The van der Waals surface area contributed by atoms with Crippen LogP contribution in [-0.4, -0.2) is 28.8 Å². The number of nitrogens with zero attached hydrogens (tertiary/aromatic N) is 2. The minimum Gasteiger partial charge on any atom is -0.465 e. The van der Waals surface area contributed by atoms with Crippen LogP contribution in [0.4, 0.5) is 19.0 Å². The Morgan fingerprint density at radius 3 is 2.42 bits per heavy atom. The van der Waals surface area contributed by atoms with Gasteiger partial charge in [-0.05, 0) is 27.2 Å². The van der Waals surface area contributed by atoms with Crippen molar-refractivity contribution in [1.29, 1.82) is 0 Å². The van der Waals surface area contributed by atoms with Crippen LogP contribution < -0.4 is 10.1 Å². The van der Waals surface area contributed by atoms with Gasteiger partial charge in [0.1, 0.15) is 11.6 Å². The van der Waals surface area contributed by atoms with Gasteiger partial charge in [0, 0.05) is 6.54 Å². The van der Waals surface area contributed by atoms with Gasteiger partial charge in [-0.15, -0.1) is 0 Å². The molecule has 1 aromatic rings. The zero-order valence-corrected chi connectivity index (χ0v) is 11.4. The summed E-state index contributed by atoms with van der Waals surface area (Å²) < 4.78 is 42.4. The first-order valence-electron chi connectivity index (χ1n) is 6.08. The Morgan fingerprint density at radius 1 is 1.26 bits per heavy atom. The van der Waals surface area contributed by atoms with E-state index in [1.807, 2.05) is 6.92 Å². The number of rotatable bonds is 5. The third kappa shape index (κ3) is 4.25. The molecule has 1 N–H and O–H groups in total. The van der Waals surface area contributed by atoms with Gasteiger partial charge >= 0.3 is 6.18 Å². The van der Waals surface area contributed by atoms with E-state index < -0.39 is 12.3 Å². The van der Waals surface area contributed by atoms with Crippen molar-refractivity contribution < 1.29 is 17.9 Å². The molecule has 4 nitrogen and oxygen atoms in total. The molecule has 0 aliphatic carbocycles. The smallest absolute Gasteiger partial charge is 0.425 e. The van der Waals surface area contributed by atoms with Crippen LogP contribution in [-0.2, 0) is 0 Å². The van der Waals surface area contributed by atoms with E-state index in [9.17, 15) is 13.2 Å². The summed E-state index contributed by atoms with van der Waals surface area (Å²) >= 11 is 0. The van der Waals surface area contributed by atoms with Crippen LogP contribution in [0.5, 0.6) is 5.88 Å². The molecular formula is C12H18F3N3O. The molecule has 0 amide bonds. The topological polar surface area (TPSA) is 47.0 Å². The average molecular weight is 277 g/mol. The van der Waals surface area contributed by atoms with E-state index in [2.05, 4.69) is 15.3 Å². The number of nitrogens with one attached hydrogen (secondary N) is 1. The van der Waals surface area contributed by atoms with Crippen LogP contribution in [0.25, 0.3) is 0 Å². The van der Waals surface area contributed by atoms with Gasteiger partial charge in [0.05, 0.1) is 5.56 Å². The van der Waals surface area contributed by atoms with Gasteiger partial charge < -0.3 is 10.1 Å². The van der Waals surface area contributed by atoms with Crippen molar-refractivity contribution in [2.45, 2.75) is 46.4 Å². The molecule has 108 valence electrons. The zero-order chi connectivity index (χ0) is 14.6. The molecule has 1 heterocycles. The highest BCUT2D eigenvalue weighted by Gasteiger charge is 2.38. The highest BCUT2D eigenvalue weighted by Crippen LogP contribution is 2.28. The molecule has 0 spiro atoms. The van der Waals surface area contributed by atoms with E-state index >= 15 is 0 Å².